The predicted molar refractivity (Wildman–Crippen MR) is 80.1 cm³/mol. The SMILES string of the molecule is CCN1C[C@]2(CC2C(C)(C)C)C[C@H]1C(=O)C(C)(C)C. The zero-order valence-corrected chi connectivity index (χ0v) is 13.8. The molecule has 1 heterocycles. The summed E-state index contributed by atoms with van der Waals surface area (Å²) in [6.45, 7) is 17.6. The van der Waals surface area contributed by atoms with Gasteiger partial charge in [-0.15, -0.1) is 0 Å². The summed E-state index contributed by atoms with van der Waals surface area (Å²) in [6, 6.07) is 0.164. The number of rotatable bonds is 2. The Balaban J connectivity index is 2.15. The first-order valence-electron chi connectivity index (χ1n) is 7.80. The number of likely N-dealkylation sites (N-methyl/N-ethyl adjacent to an activating group) is 1. The van der Waals surface area contributed by atoms with Gasteiger partial charge >= 0.3 is 0 Å². The molecule has 1 aliphatic carbocycles. The average Bonchev–Trinajstić information content (AvgIpc) is 2.81. The largest absolute Gasteiger partial charge is 0.297 e. The van der Waals surface area contributed by atoms with Gasteiger partial charge in [0.1, 0.15) is 0 Å². The van der Waals surface area contributed by atoms with Crippen LogP contribution in [0.1, 0.15) is 61.3 Å². The minimum atomic E-state index is -0.213. The molecule has 3 atom stereocenters. The van der Waals surface area contributed by atoms with Gasteiger partial charge in [-0.3, -0.25) is 9.69 Å². The van der Waals surface area contributed by atoms with Crippen LogP contribution in [0.3, 0.4) is 0 Å². The van der Waals surface area contributed by atoms with E-state index in [9.17, 15) is 4.79 Å². The Morgan fingerprint density at radius 3 is 2.11 bits per heavy atom. The number of carbonyl (C=O) groups is 1. The van der Waals surface area contributed by atoms with Gasteiger partial charge in [0.15, 0.2) is 5.78 Å². The summed E-state index contributed by atoms with van der Waals surface area (Å²) in [5, 5.41) is 0. The van der Waals surface area contributed by atoms with Crippen LogP contribution in [-0.4, -0.2) is 29.8 Å². The Labute approximate surface area is 118 Å². The molecule has 0 bridgehead atoms. The van der Waals surface area contributed by atoms with E-state index < -0.39 is 0 Å². The molecule has 0 aromatic heterocycles. The Bertz CT molecular complexity index is 374. The van der Waals surface area contributed by atoms with Crippen molar-refractivity contribution in [2.75, 3.05) is 13.1 Å². The minimum absolute atomic E-state index is 0.164. The van der Waals surface area contributed by atoms with Crippen LogP contribution in [0.2, 0.25) is 0 Å². The number of hydrogen-bond acceptors (Lipinski definition) is 2. The van der Waals surface area contributed by atoms with Gasteiger partial charge in [-0.2, -0.15) is 0 Å². The number of ketones is 1. The van der Waals surface area contributed by atoms with Gasteiger partial charge in [0.05, 0.1) is 6.04 Å². The maximum atomic E-state index is 12.7. The lowest BCUT2D eigenvalue weighted by molar-refractivity contribution is -0.130. The first-order chi connectivity index (χ1) is 8.51. The summed E-state index contributed by atoms with van der Waals surface area (Å²) < 4.78 is 0. The summed E-state index contributed by atoms with van der Waals surface area (Å²) in [5.41, 5.74) is 0.620. The van der Waals surface area contributed by atoms with Gasteiger partial charge in [0.25, 0.3) is 0 Å². The average molecular weight is 265 g/mol. The molecule has 2 fully saturated rings. The van der Waals surface area contributed by atoms with Crippen LogP contribution in [0.25, 0.3) is 0 Å². The molecule has 110 valence electrons. The monoisotopic (exact) mass is 265 g/mol. The van der Waals surface area contributed by atoms with E-state index in [-0.39, 0.29) is 11.5 Å². The molecule has 2 rings (SSSR count). The van der Waals surface area contributed by atoms with Crippen LogP contribution < -0.4 is 0 Å². The highest BCUT2D eigenvalue weighted by molar-refractivity contribution is 5.89. The molecule has 1 aliphatic heterocycles. The Morgan fingerprint density at radius 2 is 1.74 bits per heavy atom. The fourth-order valence-electron chi connectivity index (χ4n) is 4.16. The third kappa shape index (κ3) is 2.61. The second-order valence-electron chi connectivity index (χ2n) is 8.88. The van der Waals surface area contributed by atoms with Crippen LogP contribution in [0.4, 0.5) is 0 Å². The van der Waals surface area contributed by atoms with Crippen LogP contribution in [0.15, 0.2) is 0 Å². The van der Waals surface area contributed by atoms with E-state index in [2.05, 4.69) is 53.4 Å². The summed E-state index contributed by atoms with van der Waals surface area (Å²) in [6.07, 6.45) is 2.42. The number of hydrogen-bond donors (Lipinski definition) is 0. The molecular formula is C17H31NO. The highest BCUT2D eigenvalue weighted by atomic mass is 16.1. The fourth-order valence-corrected chi connectivity index (χ4v) is 4.16. The van der Waals surface area contributed by atoms with E-state index in [4.69, 9.17) is 0 Å². The molecule has 1 unspecified atom stereocenters. The molecule has 19 heavy (non-hydrogen) atoms. The fraction of sp³-hybridized carbons (Fsp3) is 0.941. The first-order valence-corrected chi connectivity index (χ1v) is 7.80. The highest BCUT2D eigenvalue weighted by Crippen LogP contribution is 2.66. The van der Waals surface area contributed by atoms with Crippen LogP contribution in [-0.2, 0) is 4.79 Å². The van der Waals surface area contributed by atoms with E-state index in [1.165, 1.54) is 6.42 Å². The van der Waals surface area contributed by atoms with Crippen molar-refractivity contribution in [1.29, 1.82) is 0 Å². The van der Waals surface area contributed by atoms with Crippen molar-refractivity contribution in [2.45, 2.75) is 67.3 Å². The second kappa shape index (κ2) is 4.31. The topological polar surface area (TPSA) is 20.3 Å². The highest BCUT2D eigenvalue weighted by Gasteiger charge is 2.64. The minimum Gasteiger partial charge on any atom is -0.297 e. The van der Waals surface area contributed by atoms with Gasteiger partial charge in [-0.25, -0.2) is 0 Å². The Hall–Kier alpha value is -0.370. The Kier molecular flexibility index (Phi) is 3.41. The maximum Gasteiger partial charge on any atom is 0.155 e. The van der Waals surface area contributed by atoms with E-state index in [1.807, 2.05) is 0 Å². The lowest BCUT2D eigenvalue weighted by atomic mass is 9.81. The summed E-state index contributed by atoms with van der Waals surface area (Å²) >= 11 is 0. The molecule has 0 aromatic carbocycles. The van der Waals surface area contributed by atoms with Gasteiger partial charge in [0.2, 0.25) is 0 Å². The quantitative estimate of drug-likeness (QED) is 0.758. The second-order valence-corrected chi connectivity index (χ2v) is 8.88. The molecule has 2 nitrogen and oxygen atoms in total. The zero-order chi connectivity index (χ0) is 14.6. The smallest absolute Gasteiger partial charge is 0.155 e. The standard InChI is InChI=1S/C17H31NO/c1-8-18-11-17(10-13(17)15(2,3)4)9-12(18)14(19)16(5,6)7/h12-13H,8-11H2,1-7H3/t12-,13?,17+/m0/s1. The number of likely N-dealkylation sites (tertiary alicyclic amines) is 1. The molecule has 1 spiro atoms. The van der Waals surface area contributed by atoms with Crippen LogP contribution in [0, 0.1) is 22.2 Å². The predicted octanol–water partition coefficient (Wildman–Crippen LogP) is 3.75. The normalized spacial score (nSPS) is 35.9. The molecule has 0 radical (unpaired) electrons. The van der Waals surface area contributed by atoms with E-state index in [1.54, 1.807) is 0 Å². The van der Waals surface area contributed by atoms with Crippen molar-refractivity contribution < 1.29 is 4.79 Å². The van der Waals surface area contributed by atoms with E-state index >= 15 is 0 Å². The summed E-state index contributed by atoms with van der Waals surface area (Å²) in [5.74, 6) is 1.23. The third-order valence-corrected chi connectivity index (χ3v) is 5.24. The van der Waals surface area contributed by atoms with Crippen LogP contribution >= 0.6 is 0 Å². The molecule has 2 heteroatoms. The lowest BCUT2D eigenvalue weighted by Crippen LogP contribution is -2.41. The van der Waals surface area contributed by atoms with Crippen molar-refractivity contribution in [3.63, 3.8) is 0 Å². The van der Waals surface area contributed by atoms with Gasteiger partial charge in [-0.1, -0.05) is 48.5 Å². The zero-order valence-electron chi connectivity index (χ0n) is 13.8. The molecule has 0 N–H and O–H groups in total. The molecule has 1 saturated carbocycles. The number of Topliss-reactive ketones (excluding diaryl/α,β-unsaturated/α-hetero) is 1. The van der Waals surface area contributed by atoms with Crippen molar-refractivity contribution in [3.8, 4) is 0 Å². The summed E-state index contributed by atoms with van der Waals surface area (Å²) in [4.78, 5) is 15.1. The van der Waals surface area contributed by atoms with E-state index in [0.29, 0.717) is 16.6 Å². The van der Waals surface area contributed by atoms with Crippen molar-refractivity contribution >= 4 is 5.78 Å². The Morgan fingerprint density at radius 1 is 1.16 bits per heavy atom. The molecular weight excluding hydrogens is 234 g/mol. The maximum absolute atomic E-state index is 12.7. The first kappa shape index (κ1) is 15.0. The number of nitrogens with zero attached hydrogens (tertiary/aromatic N) is 1. The molecule has 0 aromatic rings. The van der Waals surface area contributed by atoms with Crippen LogP contribution in [0.5, 0.6) is 0 Å². The van der Waals surface area contributed by atoms with Gasteiger partial charge in [-0.05, 0) is 36.1 Å². The van der Waals surface area contributed by atoms with Gasteiger partial charge in [0, 0.05) is 12.0 Å². The lowest BCUT2D eigenvalue weighted by Gasteiger charge is -2.27. The third-order valence-electron chi connectivity index (χ3n) is 5.24. The van der Waals surface area contributed by atoms with E-state index in [0.717, 1.165) is 25.4 Å². The van der Waals surface area contributed by atoms with Crippen molar-refractivity contribution in [2.24, 2.45) is 22.2 Å². The molecule has 1 saturated heterocycles. The summed E-state index contributed by atoms with van der Waals surface area (Å²) in [7, 11) is 0. The number of carbonyl (C=O) groups excluding carboxylic acids is 1. The molecule has 2 aliphatic rings. The van der Waals surface area contributed by atoms with Gasteiger partial charge < -0.3 is 0 Å². The van der Waals surface area contributed by atoms with Crippen molar-refractivity contribution in [1.82, 2.24) is 4.90 Å². The molecule has 0 amide bonds. The van der Waals surface area contributed by atoms with Crippen molar-refractivity contribution in [3.05, 3.63) is 0 Å².